The number of hydrogen-bond acceptors (Lipinski definition) is 3. The summed E-state index contributed by atoms with van der Waals surface area (Å²) >= 11 is 0. The fourth-order valence-corrected chi connectivity index (χ4v) is 4.60. The molecule has 2 heterocycles. The van der Waals surface area contributed by atoms with E-state index in [1.807, 2.05) is 18.6 Å². The number of aryl methyl sites for hydroxylation is 2. The van der Waals surface area contributed by atoms with Crippen molar-refractivity contribution in [3.05, 3.63) is 41.9 Å². The molecule has 34 heavy (non-hydrogen) atoms. The van der Waals surface area contributed by atoms with E-state index >= 15 is 0 Å². The lowest BCUT2D eigenvalue weighted by molar-refractivity contribution is 0.564. The third-order valence-corrected chi connectivity index (χ3v) is 6.90. The number of aromatic nitrogens is 3. The van der Waals surface area contributed by atoms with Gasteiger partial charge in [-0.1, -0.05) is 123 Å². The van der Waals surface area contributed by atoms with Crippen molar-refractivity contribution in [1.82, 2.24) is 15.0 Å². The summed E-state index contributed by atoms with van der Waals surface area (Å²) in [6, 6.07) is 4.28. The van der Waals surface area contributed by atoms with E-state index in [0.717, 1.165) is 24.4 Å². The summed E-state index contributed by atoms with van der Waals surface area (Å²) in [5, 5.41) is 0. The summed E-state index contributed by atoms with van der Waals surface area (Å²) < 4.78 is 0. The van der Waals surface area contributed by atoms with Crippen LogP contribution in [0, 0.1) is 0 Å². The molecule has 3 nitrogen and oxygen atoms in total. The number of unbranched alkanes of at least 4 members (excludes halogenated alkanes) is 16. The quantitative estimate of drug-likeness (QED) is 0.172. The van der Waals surface area contributed by atoms with Crippen LogP contribution in [0.3, 0.4) is 0 Å². The molecular formula is C31H51N3. The van der Waals surface area contributed by atoms with Gasteiger partial charge in [0.25, 0.3) is 0 Å². The zero-order valence-electron chi connectivity index (χ0n) is 22.4. The van der Waals surface area contributed by atoms with Crippen molar-refractivity contribution in [3.8, 4) is 11.5 Å². The fraction of sp³-hybridized carbons (Fsp3) is 0.710. The van der Waals surface area contributed by atoms with Gasteiger partial charge in [0.1, 0.15) is 5.69 Å². The van der Waals surface area contributed by atoms with Gasteiger partial charge in [-0.05, 0) is 42.9 Å². The van der Waals surface area contributed by atoms with Gasteiger partial charge in [0.2, 0.25) is 0 Å². The number of pyridine rings is 1. The maximum atomic E-state index is 4.63. The van der Waals surface area contributed by atoms with Crippen LogP contribution >= 0.6 is 0 Å². The maximum Gasteiger partial charge on any atom is 0.178 e. The maximum absolute atomic E-state index is 4.63. The van der Waals surface area contributed by atoms with Crippen molar-refractivity contribution in [2.45, 2.75) is 142 Å². The van der Waals surface area contributed by atoms with E-state index in [0.29, 0.717) is 0 Å². The molecule has 2 rings (SSSR count). The number of hydrogen-bond donors (Lipinski definition) is 0. The molecule has 0 unspecified atom stereocenters. The number of rotatable bonds is 21. The summed E-state index contributed by atoms with van der Waals surface area (Å²) in [7, 11) is 0. The highest BCUT2D eigenvalue weighted by atomic mass is 14.9. The van der Waals surface area contributed by atoms with Gasteiger partial charge in [0.15, 0.2) is 5.82 Å². The van der Waals surface area contributed by atoms with Gasteiger partial charge >= 0.3 is 0 Å². The van der Waals surface area contributed by atoms with Crippen LogP contribution in [0.5, 0.6) is 0 Å². The highest BCUT2D eigenvalue weighted by Crippen LogP contribution is 2.16. The van der Waals surface area contributed by atoms with Gasteiger partial charge in [-0.15, -0.1) is 0 Å². The van der Waals surface area contributed by atoms with Crippen molar-refractivity contribution in [1.29, 1.82) is 0 Å². The Morgan fingerprint density at radius 1 is 0.441 bits per heavy atom. The molecule has 3 heteroatoms. The van der Waals surface area contributed by atoms with E-state index in [4.69, 9.17) is 0 Å². The first-order chi connectivity index (χ1) is 16.8. The Bertz CT molecular complexity index is 645. The molecule has 0 spiro atoms. The molecule has 0 aliphatic carbocycles. The van der Waals surface area contributed by atoms with Crippen molar-refractivity contribution in [3.63, 3.8) is 0 Å². The Kier molecular flexibility index (Phi) is 16.3. The second-order valence-electron chi connectivity index (χ2n) is 10.1. The molecule has 190 valence electrons. The Labute approximate surface area is 210 Å². The van der Waals surface area contributed by atoms with Gasteiger partial charge in [0.05, 0.1) is 0 Å². The fourth-order valence-electron chi connectivity index (χ4n) is 4.60. The van der Waals surface area contributed by atoms with Gasteiger partial charge < -0.3 is 0 Å². The second kappa shape index (κ2) is 19.5. The number of nitrogens with zero attached hydrogens (tertiary/aromatic N) is 3. The molecule has 0 N–H and O–H groups in total. The average molecular weight is 466 g/mol. The largest absolute Gasteiger partial charge is 0.253 e. The van der Waals surface area contributed by atoms with Gasteiger partial charge in [-0.25, -0.2) is 9.97 Å². The van der Waals surface area contributed by atoms with Crippen molar-refractivity contribution < 1.29 is 0 Å². The zero-order chi connectivity index (χ0) is 24.1. The summed E-state index contributed by atoms with van der Waals surface area (Å²) in [4.78, 5) is 13.8. The summed E-state index contributed by atoms with van der Waals surface area (Å²) in [5.74, 6) is 0.741. The van der Waals surface area contributed by atoms with Crippen LogP contribution in [0.15, 0.2) is 30.7 Å². The molecule has 0 radical (unpaired) electrons. The first kappa shape index (κ1) is 28.5. The SMILES string of the molecule is CCCCCCCCCCCc1ccc(-c2ncc(CCCCCCCCCCC)cn2)nc1. The minimum absolute atomic E-state index is 0.741. The third kappa shape index (κ3) is 13.2. The molecule has 0 amide bonds. The molecule has 0 aliphatic heterocycles. The smallest absolute Gasteiger partial charge is 0.178 e. The standard InChI is InChI=1S/C31H51N3/c1-3-5-7-9-11-13-15-17-19-21-28-23-24-30(32-25-28)31-33-26-29(27-34-31)22-20-18-16-14-12-10-8-6-4-2/h23-27H,3-22H2,1-2H3. The van der Waals surface area contributed by atoms with Crippen molar-refractivity contribution >= 4 is 0 Å². The summed E-state index contributed by atoms with van der Waals surface area (Å²) in [6.45, 7) is 4.56. The normalized spacial score (nSPS) is 11.2. The van der Waals surface area contributed by atoms with Crippen LogP contribution in [-0.4, -0.2) is 15.0 Å². The summed E-state index contributed by atoms with van der Waals surface area (Å²) in [6.07, 6.45) is 32.8. The Morgan fingerprint density at radius 2 is 0.853 bits per heavy atom. The molecule has 0 saturated carbocycles. The topological polar surface area (TPSA) is 38.7 Å². The van der Waals surface area contributed by atoms with Crippen LogP contribution < -0.4 is 0 Å². The monoisotopic (exact) mass is 465 g/mol. The van der Waals surface area contributed by atoms with Crippen LogP contribution in [0.1, 0.15) is 141 Å². The Hall–Kier alpha value is -1.77. The van der Waals surface area contributed by atoms with E-state index in [1.54, 1.807) is 0 Å². The van der Waals surface area contributed by atoms with Crippen LogP contribution in [-0.2, 0) is 12.8 Å². The first-order valence-corrected chi connectivity index (χ1v) is 14.6. The molecule has 0 aliphatic rings. The van der Waals surface area contributed by atoms with E-state index in [1.165, 1.54) is 127 Å². The molecule has 0 atom stereocenters. The average Bonchev–Trinajstić information content (AvgIpc) is 2.87. The van der Waals surface area contributed by atoms with E-state index < -0.39 is 0 Å². The van der Waals surface area contributed by atoms with Gasteiger partial charge in [-0.3, -0.25) is 4.98 Å². The molecule has 0 fully saturated rings. The lowest BCUT2D eigenvalue weighted by Crippen LogP contribution is -1.96. The van der Waals surface area contributed by atoms with E-state index in [9.17, 15) is 0 Å². The summed E-state index contributed by atoms with van der Waals surface area (Å²) in [5.41, 5.74) is 3.45. The van der Waals surface area contributed by atoms with Crippen LogP contribution in [0.2, 0.25) is 0 Å². The predicted molar refractivity (Wildman–Crippen MR) is 147 cm³/mol. The van der Waals surface area contributed by atoms with E-state index in [-0.39, 0.29) is 0 Å². The minimum Gasteiger partial charge on any atom is -0.253 e. The van der Waals surface area contributed by atoms with Crippen LogP contribution in [0.4, 0.5) is 0 Å². The zero-order valence-corrected chi connectivity index (χ0v) is 22.4. The molecule has 0 saturated heterocycles. The second-order valence-corrected chi connectivity index (χ2v) is 10.1. The molecule has 2 aromatic rings. The molecular weight excluding hydrogens is 414 g/mol. The van der Waals surface area contributed by atoms with Crippen molar-refractivity contribution in [2.24, 2.45) is 0 Å². The highest BCUT2D eigenvalue weighted by Gasteiger charge is 2.04. The van der Waals surface area contributed by atoms with Crippen molar-refractivity contribution in [2.75, 3.05) is 0 Å². The Morgan fingerprint density at radius 3 is 1.29 bits per heavy atom. The lowest BCUT2D eigenvalue weighted by atomic mass is 10.0. The predicted octanol–water partition coefficient (Wildman–Crippen LogP) is 9.69. The molecule has 0 bridgehead atoms. The minimum atomic E-state index is 0.741. The van der Waals surface area contributed by atoms with Crippen LogP contribution in [0.25, 0.3) is 11.5 Å². The van der Waals surface area contributed by atoms with Gasteiger partial charge in [0, 0.05) is 18.6 Å². The highest BCUT2D eigenvalue weighted by molar-refractivity contribution is 5.48. The van der Waals surface area contributed by atoms with E-state index in [2.05, 4.69) is 40.9 Å². The van der Waals surface area contributed by atoms with Gasteiger partial charge in [-0.2, -0.15) is 0 Å². The first-order valence-electron chi connectivity index (χ1n) is 14.6. The Balaban J connectivity index is 1.57. The lowest BCUT2D eigenvalue weighted by Gasteiger charge is -2.05. The third-order valence-electron chi connectivity index (χ3n) is 6.90. The molecule has 2 aromatic heterocycles. The molecule has 0 aromatic carbocycles.